The molecule has 0 amide bonds. The summed E-state index contributed by atoms with van der Waals surface area (Å²) in [4.78, 5) is 10.8. The van der Waals surface area contributed by atoms with Crippen LogP contribution < -0.4 is 0 Å². The number of hydrogen-bond acceptors (Lipinski definition) is 4. The van der Waals surface area contributed by atoms with Gasteiger partial charge >= 0.3 is 0 Å². The first-order valence-electron chi connectivity index (χ1n) is 7.20. The lowest BCUT2D eigenvalue weighted by molar-refractivity contribution is -0.386. The highest BCUT2D eigenvalue weighted by molar-refractivity contribution is 5.42. The van der Waals surface area contributed by atoms with E-state index in [2.05, 4.69) is 0 Å². The monoisotopic (exact) mass is 277 g/mol. The molecular weight excluding hydrogens is 258 g/mol. The highest BCUT2D eigenvalue weighted by atomic mass is 16.8. The molecule has 1 aliphatic carbocycles. The van der Waals surface area contributed by atoms with Crippen LogP contribution in [-0.4, -0.2) is 16.8 Å². The van der Waals surface area contributed by atoms with Crippen molar-refractivity contribution in [2.24, 2.45) is 0 Å². The van der Waals surface area contributed by atoms with Crippen LogP contribution in [0.3, 0.4) is 0 Å². The van der Waals surface area contributed by atoms with Crippen LogP contribution in [0.5, 0.6) is 0 Å². The van der Waals surface area contributed by atoms with Crippen LogP contribution in [0.25, 0.3) is 0 Å². The Balaban J connectivity index is 1.89. The number of nitro benzene ring substituents is 1. The van der Waals surface area contributed by atoms with Crippen molar-refractivity contribution in [1.82, 2.24) is 0 Å². The lowest BCUT2D eigenvalue weighted by Gasteiger charge is -2.31. The molecule has 20 heavy (non-hydrogen) atoms. The maximum Gasteiger partial charge on any atom is 0.275 e. The molecule has 1 saturated carbocycles. The second-order valence-corrected chi connectivity index (χ2v) is 5.65. The molecule has 0 radical (unpaired) electrons. The van der Waals surface area contributed by atoms with E-state index in [-0.39, 0.29) is 22.8 Å². The van der Waals surface area contributed by atoms with Gasteiger partial charge in [0.2, 0.25) is 0 Å². The molecule has 2 aliphatic rings. The first-order chi connectivity index (χ1) is 9.61. The van der Waals surface area contributed by atoms with Gasteiger partial charge in [-0.1, -0.05) is 18.6 Å². The predicted octanol–water partition coefficient (Wildman–Crippen LogP) is 3.73. The molecule has 0 N–H and O–H groups in total. The van der Waals surface area contributed by atoms with Crippen LogP contribution in [-0.2, 0) is 9.47 Å². The first kappa shape index (κ1) is 13.5. The Morgan fingerprint density at radius 3 is 2.60 bits per heavy atom. The number of nitro groups is 1. The van der Waals surface area contributed by atoms with Crippen molar-refractivity contribution < 1.29 is 14.4 Å². The molecule has 1 aromatic rings. The summed E-state index contributed by atoms with van der Waals surface area (Å²) in [5.41, 5.74) is 0.730. The van der Waals surface area contributed by atoms with Crippen LogP contribution in [0.1, 0.15) is 50.7 Å². The molecule has 1 aromatic carbocycles. The van der Waals surface area contributed by atoms with E-state index in [1.807, 2.05) is 13.0 Å². The van der Waals surface area contributed by atoms with Gasteiger partial charge in [0.25, 0.3) is 5.69 Å². The summed E-state index contributed by atoms with van der Waals surface area (Å²) < 4.78 is 12.2. The number of para-hydroxylation sites is 1. The third kappa shape index (κ3) is 2.31. The lowest BCUT2D eigenvalue weighted by atomic mass is 9.94. The van der Waals surface area contributed by atoms with E-state index in [4.69, 9.17) is 9.47 Å². The van der Waals surface area contributed by atoms with Gasteiger partial charge in [0, 0.05) is 18.9 Å². The zero-order chi connectivity index (χ0) is 14.2. The molecule has 0 bridgehead atoms. The average Bonchev–Trinajstić information content (AvgIpc) is 2.76. The number of nitrogens with zero attached hydrogens (tertiary/aromatic N) is 1. The minimum atomic E-state index is -0.522. The van der Waals surface area contributed by atoms with Gasteiger partial charge in [-0.2, -0.15) is 0 Å². The summed E-state index contributed by atoms with van der Waals surface area (Å²) in [7, 11) is 0. The van der Waals surface area contributed by atoms with Crippen LogP contribution in [0.2, 0.25) is 0 Å². The minimum absolute atomic E-state index is 0.112. The van der Waals surface area contributed by atoms with E-state index >= 15 is 0 Å². The molecule has 2 atom stereocenters. The maximum absolute atomic E-state index is 11.2. The Hall–Kier alpha value is -1.46. The molecule has 5 nitrogen and oxygen atoms in total. The zero-order valence-electron chi connectivity index (χ0n) is 11.6. The highest BCUT2D eigenvalue weighted by Crippen LogP contribution is 2.47. The maximum atomic E-state index is 11.2. The van der Waals surface area contributed by atoms with Crippen molar-refractivity contribution >= 4 is 5.69 Å². The van der Waals surface area contributed by atoms with Gasteiger partial charge in [-0.05, 0) is 25.8 Å². The van der Waals surface area contributed by atoms with Crippen LogP contribution in [0, 0.1) is 10.1 Å². The molecular formula is C15H19NO4. The smallest absolute Gasteiger partial charge is 0.275 e. The lowest BCUT2D eigenvalue weighted by Crippen LogP contribution is -2.33. The molecule has 1 spiro atoms. The molecule has 108 valence electrons. The summed E-state index contributed by atoms with van der Waals surface area (Å²) >= 11 is 0. The Morgan fingerprint density at radius 1 is 1.20 bits per heavy atom. The largest absolute Gasteiger partial charge is 0.344 e. The van der Waals surface area contributed by atoms with E-state index in [1.54, 1.807) is 12.1 Å². The normalized spacial score (nSPS) is 28.6. The number of benzene rings is 1. The van der Waals surface area contributed by atoms with Gasteiger partial charge < -0.3 is 9.47 Å². The SMILES string of the molecule is C[C@H]1OC2(CCCCC2)O[C@@H]1c1ccccc1[N+](=O)[O-]. The first-order valence-corrected chi connectivity index (χ1v) is 7.20. The van der Waals surface area contributed by atoms with Gasteiger partial charge in [-0.3, -0.25) is 10.1 Å². The van der Waals surface area contributed by atoms with Gasteiger partial charge in [-0.15, -0.1) is 0 Å². The van der Waals surface area contributed by atoms with Gasteiger partial charge in [0.15, 0.2) is 5.79 Å². The predicted molar refractivity (Wildman–Crippen MR) is 73.3 cm³/mol. The van der Waals surface area contributed by atoms with Crippen LogP contribution in [0.4, 0.5) is 5.69 Å². The minimum Gasteiger partial charge on any atom is -0.344 e. The second-order valence-electron chi connectivity index (χ2n) is 5.65. The number of ether oxygens (including phenoxy) is 2. The molecule has 5 heteroatoms. The highest BCUT2D eigenvalue weighted by Gasteiger charge is 2.48. The summed E-state index contributed by atoms with van der Waals surface area (Å²) in [5, 5.41) is 11.2. The number of hydrogen-bond donors (Lipinski definition) is 0. The summed E-state index contributed by atoms with van der Waals surface area (Å²) in [6, 6.07) is 6.78. The summed E-state index contributed by atoms with van der Waals surface area (Å²) in [6.45, 7) is 1.94. The van der Waals surface area contributed by atoms with Gasteiger partial charge in [0.05, 0.1) is 16.6 Å². The quantitative estimate of drug-likeness (QED) is 0.610. The molecule has 1 saturated heterocycles. The van der Waals surface area contributed by atoms with Crippen LogP contribution in [0.15, 0.2) is 24.3 Å². The standard InChI is InChI=1S/C15H19NO4/c1-11-14(12-7-3-4-8-13(12)16(17)18)20-15(19-11)9-5-2-6-10-15/h3-4,7-8,11,14H,2,5-6,9-10H2,1H3/t11-,14+/m1/s1. The molecule has 3 rings (SSSR count). The van der Waals surface area contributed by atoms with Crippen molar-refractivity contribution in [1.29, 1.82) is 0 Å². The van der Waals surface area contributed by atoms with Gasteiger partial charge in [0.1, 0.15) is 6.10 Å². The Labute approximate surface area is 118 Å². The van der Waals surface area contributed by atoms with Crippen molar-refractivity contribution in [2.45, 2.75) is 57.0 Å². The van der Waals surface area contributed by atoms with E-state index in [1.165, 1.54) is 12.5 Å². The van der Waals surface area contributed by atoms with Crippen LogP contribution >= 0.6 is 0 Å². The average molecular weight is 277 g/mol. The fraction of sp³-hybridized carbons (Fsp3) is 0.600. The Kier molecular flexibility index (Phi) is 3.48. The fourth-order valence-corrected chi connectivity index (χ4v) is 3.29. The van der Waals surface area contributed by atoms with Gasteiger partial charge in [-0.25, -0.2) is 0 Å². The second kappa shape index (κ2) is 5.14. The third-order valence-electron chi connectivity index (χ3n) is 4.22. The summed E-state index contributed by atoms with van der Waals surface area (Å²) in [6.07, 6.45) is 4.65. The Bertz CT molecular complexity index is 510. The molecule has 1 aliphatic heterocycles. The topological polar surface area (TPSA) is 61.6 Å². The molecule has 0 aromatic heterocycles. The van der Waals surface area contributed by atoms with E-state index in [0.717, 1.165) is 25.7 Å². The van der Waals surface area contributed by atoms with Crippen molar-refractivity contribution in [3.8, 4) is 0 Å². The van der Waals surface area contributed by atoms with Crippen molar-refractivity contribution in [3.05, 3.63) is 39.9 Å². The van der Waals surface area contributed by atoms with E-state index < -0.39 is 5.79 Å². The zero-order valence-corrected chi connectivity index (χ0v) is 11.6. The third-order valence-corrected chi connectivity index (χ3v) is 4.22. The molecule has 2 fully saturated rings. The fourth-order valence-electron chi connectivity index (χ4n) is 3.29. The van der Waals surface area contributed by atoms with E-state index in [9.17, 15) is 10.1 Å². The van der Waals surface area contributed by atoms with Crippen molar-refractivity contribution in [3.63, 3.8) is 0 Å². The van der Waals surface area contributed by atoms with E-state index in [0.29, 0.717) is 5.56 Å². The molecule has 0 unspecified atom stereocenters. The molecule has 1 heterocycles. The number of rotatable bonds is 2. The summed E-state index contributed by atoms with van der Waals surface area (Å²) in [5.74, 6) is -0.522. The van der Waals surface area contributed by atoms with Crippen molar-refractivity contribution in [2.75, 3.05) is 0 Å². The Morgan fingerprint density at radius 2 is 1.90 bits per heavy atom.